The zero-order chi connectivity index (χ0) is 12.0. The maximum Gasteiger partial charge on any atom is 0.313 e. The van der Waals surface area contributed by atoms with Crippen LogP contribution in [0.3, 0.4) is 0 Å². The summed E-state index contributed by atoms with van der Waals surface area (Å²) in [6.07, 6.45) is 0.992. The first kappa shape index (κ1) is 13.3. The lowest BCUT2D eigenvalue weighted by Crippen LogP contribution is -2.35. The molecule has 0 aromatic rings. The fraction of sp³-hybridized carbons (Fsp3) is 0.800. The molecule has 0 saturated carbocycles. The number of thioether (sulfide) groups is 1. The molecule has 1 amide bonds. The van der Waals surface area contributed by atoms with Crippen LogP contribution < -0.4 is 0 Å². The number of amides is 1. The monoisotopic (exact) mass is 246 g/mol. The molecule has 1 aliphatic rings. The third-order valence-corrected chi connectivity index (χ3v) is 3.43. The second kappa shape index (κ2) is 6.75. The van der Waals surface area contributed by atoms with E-state index in [9.17, 15) is 9.59 Å². The minimum absolute atomic E-state index is 0.000513. The number of hydrogen-bond acceptors (Lipinski definition) is 4. The summed E-state index contributed by atoms with van der Waals surface area (Å²) in [5.41, 5.74) is 0. The number of hydrogen-bond donors (Lipinski definition) is 1. The van der Waals surface area contributed by atoms with E-state index in [0.29, 0.717) is 0 Å². The van der Waals surface area contributed by atoms with Crippen molar-refractivity contribution in [2.45, 2.75) is 6.42 Å². The summed E-state index contributed by atoms with van der Waals surface area (Å²) >= 11 is 1.17. The standard InChI is InChI=1S/C10H18N2O3S/c1-11-3-2-4-12(6-5-11)9(13)7-16-8-10(14)15/h2-8H2,1H3,(H,14,15). The van der Waals surface area contributed by atoms with E-state index < -0.39 is 5.97 Å². The Labute approximate surface area is 99.8 Å². The van der Waals surface area contributed by atoms with Gasteiger partial charge in [-0.15, -0.1) is 11.8 Å². The van der Waals surface area contributed by atoms with Gasteiger partial charge >= 0.3 is 5.97 Å². The van der Waals surface area contributed by atoms with Gasteiger partial charge in [0.25, 0.3) is 0 Å². The van der Waals surface area contributed by atoms with E-state index in [1.54, 1.807) is 0 Å². The summed E-state index contributed by atoms with van der Waals surface area (Å²) in [6, 6.07) is 0. The Balaban J connectivity index is 2.27. The molecule has 0 atom stereocenters. The van der Waals surface area contributed by atoms with E-state index in [4.69, 9.17) is 5.11 Å². The van der Waals surface area contributed by atoms with Gasteiger partial charge in [0.1, 0.15) is 0 Å². The molecule has 16 heavy (non-hydrogen) atoms. The molecule has 0 aromatic heterocycles. The second-order valence-electron chi connectivity index (χ2n) is 3.92. The highest BCUT2D eigenvalue weighted by molar-refractivity contribution is 8.00. The Kier molecular flexibility index (Phi) is 5.62. The number of rotatable bonds is 4. The lowest BCUT2D eigenvalue weighted by molar-refractivity contribution is -0.133. The molecule has 1 rings (SSSR count). The van der Waals surface area contributed by atoms with Crippen molar-refractivity contribution in [1.82, 2.24) is 9.80 Å². The Morgan fingerprint density at radius 3 is 2.62 bits per heavy atom. The third-order valence-electron chi connectivity index (χ3n) is 2.52. The fourth-order valence-electron chi connectivity index (χ4n) is 1.61. The van der Waals surface area contributed by atoms with Gasteiger partial charge in [-0.1, -0.05) is 0 Å². The molecule has 1 heterocycles. The number of aliphatic carboxylic acids is 1. The van der Waals surface area contributed by atoms with Gasteiger partial charge in [-0.3, -0.25) is 9.59 Å². The molecule has 0 unspecified atom stereocenters. The van der Waals surface area contributed by atoms with E-state index in [-0.39, 0.29) is 17.4 Å². The Hall–Kier alpha value is -0.750. The molecule has 1 saturated heterocycles. The average molecular weight is 246 g/mol. The minimum Gasteiger partial charge on any atom is -0.481 e. The minimum atomic E-state index is -0.867. The topological polar surface area (TPSA) is 60.9 Å². The third kappa shape index (κ3) is 4.85. The van der Waals surface area contributed by atoms with Crippen LogP contribution in [0.2, 0.25) is 0 Å². The predicted molar refractivity (Wildman–Crippen MR) is 63.7 cm³/mol. The smallest absolute Gasteiger partial charge is 0.313 e. The van der Waals surface area contributed by atoms with Gasteiger partial charge in [0.15, 0.2) is 0 Å². The lowest BCUT2D eigenvalue weighted by Gasteiger charge is -2.20. The van der Waals surface area contributed by atoms with Gasteiger partial charge in [0, 0.05) is 19.6 Å². The fourth-order valence-corrected chi connectivity index (χ4v) is 2.25. The highest BCUT2D eigenvalue weighted by Gasteiger charge is 2.17. The number of carboxylic acids is 1. The normalized spacial score (nSPS) is 18.2. The van der Waals surface area contributed by atoms with Gasteiger partial charge < -0.3 is 14.9 Å². The summed E-state index contributed by atoms with van der Waals surface area (Å²) in [5.74, 6) is -0.537. The van der Waals surface area contributed by atoms with Crippen molar-refractivity contribution < 1.29 is 14.7 Å². The maximum absolute atomic E-state index is 11.7. The van der Waals surface area contributed by atoms with Crippen LogP contribution in [0.25, 0.3) is 0 Å². The molecule has 5 nitrogen and oxygen atoms in total. The lowest BCUT2D eigenvalue weighted by atomic mass is 10.4. The molecule has 0 aromatic carbocycles. The van der Waals surface area contributed by atoms with Crippen molar-refractivity contribution in [2.24, 2.45) is 0 Å². The van der Waals surface area contributed by atoms with Crippen molar-refractivity contribution >= 4 is 23.6 Å². The molecule has 6 heteroatoms. The van der Waals surface area contributed by atoms with Crippen LogP contribution in [0, 0.1) is 0 Å². The van der Waals surface area contributed by atoms with Gasteiger partial charge in [-0.25, -0.2) is 0 Å². The first-order valence-corrected chi connectivity index (χ1v) is 6.51. The Bertz CT molecular complexity index is 260. The molecule has 0 aliphatic carbocycles. The number of carboxylic acid groups (broad SMARTS) is 1. The summed E-state index contributed by atoms with van der Waals surface area (Å²) in [5, 5.41) is 8.46. The maximum atomic E-state index is 11.7. The van der Waals surface area contributed by atoms with Gasteiger partial charge in [0.05, 0.1) is 11.5 Å². The molecule has 92 valence electrons. The molecule has 1 aliphatic heterocycles. The molecule has 0 spiro atoms. The quantitative estimate of drug-likeness (QED) is 0.754. The largest absolute Gasteiger partial charge is 0.481 e. The zero-order valence-electron chi connectivity index (χ0n) is 9.52. The van der Waals surface area contributed by atoms with Crippen molar-refractivity contribution in [3.63, 3.8) is 0 Å². The Morgan fingerprint density at radius 1 is 1.19 bits per heavy atom. The van der Waals surface area contributed by atoms with Crippen LogP contribution in [0.5, 0.6) is 0 Å². The molecule has 1 fully saturated rings. The van der Waals surface area contributed by atoms with Crippen LogP contribution in [-0.4, -0.2) is 71.5 Å². The SMILES string of the molecule is CN1CCCN(C(=O)CSCC(=O)O)CC1. The summed E-state index contributed by atoms with van der Waals surface area (Å²) in [6.45, 7) is 3.46. The van der Waals surface area contributed by atoms with Crippen LogP contribution in [-0.2, 0) is 9.59 Å². The molecule has 1 N–H and O–H groups in total. The second-order valence-corrected chi connectivity index (χ2v) is 4.91. The molecular formula is C10H18N2O3S. The highest BCUT2D eigenvalue weighted by atomic mass is 32.2. The van der Waals surface area contributed by atoms with Gasteiger partial charge in [-0.05, 0) is 20.0 Å². The van der Waals surface area contributed by atoms with E-state index in [0.717, 1.165) is 32.6 Å². The average Bonchev–Trinajstić information content (AvgIpc) is 2.42. The van der Waals surface area contributed by atoms with Gasteiger partial charge in [-0.2, -0.15) is 0 Å². The summed E-state index contributed by atoms with van der Waals surface area (Å²) in [7, 11) is 2.05. The molecule has 0 radical (unpaired) electrons. The number of carbonyl (C=O) groups excluding carboxylic acids is 1. The van der Waals surface area contributed by atoms with Crippen molar-refractivity contribution in [3.8, 4) is 0 Å². The Morgan fingerprint density at radius 2 is 1.94 bits per heavy atom. The van der Waals surface area contributed by atoms with Crippen molar-refractivity contribution in [3.05, 3.63) is 0 Å². The summed E-state index contributed by atoms with van der Waals surface area (Å²) in [4.78, 5) is 26.1. The predicted octanol–water partition coefficient (Wildman–Crippen LogP) is -0.0317. The zero-order valence-corrected chi connectivity index (χ0v) is 10.3. The molecule has 0 bridgehead atoms. The van der Waals surface area contributed by atoms with E-state index in [1.807, 2.05) is 11.9 Å². The highest BCUT2D eigenvalue weighted by Crippen LogP contribution is 2.06. The number of nitrogens with zero attached hydrogens (tertiary/aromatic N) is 2. The van der Waals surface area contributed by atoms with E-state index >= 15 is 0 Å². The first-order valence-electron chi connectivity index (χ1n) is 5.35. The van der Waals surface area contributed by atoms with Gasteiger partial charge in [0.2, 0.25) is 5.91 Å². The van der Waals surface area contributed by atoms with E-state index in [2.05, 4.69) is 4.90 Å². The van der Waals surface area contributed by atoms with Crippen LogP contribution >= 0.6 is 11.8 Å². The van der Waals surface area contributed by atoms with Crippen LogP contribution in [0.1, 0.15) is 6.42 Å². The van der Waals surface area contributed by atoms with Crippen LogP contribution in [0.15, 0.2) is 0 Å². The first-order chi connectivity index (χ1) is 7.59. The number of likely N-dealkylation sites (N-methyl/N-ethyl adjacent to an activating group) is 1. The molecular weight excluding hydrogens is 228 g/mol. The summed E-state index contributed by atoms with van der Waals surface area (Å²) < 4.78 is 0. The van der Waals surface area contributed by atoms with Crippen molar-refractivity contribution in [2.75, 3.05) is 44.7 Å². The van der Waals surface area contributed by atoms with Crippen molar-refractivity contribution in [1.29, 1.82) is 0 Å². The van der Waals surface area contributed by atoms with E-state index in [1.165, 1.54) is 11.8 Å². The number of carbonyl (C=O) groups is 2. The van der Waals surface area contributed by atoms with Crippen LogP contribution in [0.4, 0.5) is 0 Å².